The molecule has 0 aliphatic rings. The monoisotopic (exact) mass is 501 g/mol. The van der Waals surface area contributed by atoms with Gasteiger partial charge in [-0.15, -0.1) is 0 Å². The van der Waals surface area contributed by atoms with Crippen LogP contribution in [-0.2, 0) is 5.41 Å². The standard InChI is InChI=1S/C26H27N7O4/c1-16-7-8-19(32-23(34)17-5-4-6-18(13-17)26(2,3)15-27)14-20(16)33-24(35)21-22(29-10-9-28-21)30-11-12-31-25(36)37/h4-10,13-14,31H,11-12H2,1-3H3,(H,29,30)(H,32,34)(H,33,35)(H,36,37). The second kappa shape index (κ2) is 11.6. The highest BCUT2D eigenvalue weighted by Crippen LogP contribution is 2.25. The van der Waals surface area contributed by atoms with E-state index in [2.05, 4.69) is 37.3 Å². The average Bonchev–Trinajstić information content (AvgIpc) is 2.88. The summed E-state index contributed by atoms with van der Waals surface area (Å²) in [6.45, 7) is 5.69. The van der Waals surface area contributed by atoms with E-state index >= 15 is 0 Å². The van der Waals surface area contributed by atoms with Crippen LogP contribution in [0.15, 0.2) is 54.9 Å². The fourth-order valence-corrected chi connectivity index (χ4v) is 3.32. The van der Waals surface area contributed by atoms with Crippen LogP contribution in [-0.4, -0.2) is 46.1 Å². The highest BCUT2D eigenvalue weighted by atomic mass is 16.4. The van der Waals surface area contributed by atoms with Crippen molar-refractivity contribution in [3.05, 3.63) is 77.2 Å². The van der Waals surface area contributed by atoms with Gasteiger partial charge in [0.15, 0.2) is 11.5 Å². The molecule has 2 aromatic carbocycles. The minimum Gasteiger partial charge on any atom is -0.465 e. The lowest BCUT2D eigenvalue weighted by Gasteiger charge is -2.17. The van der Waals surface area contributed by atoms with Crippen molar-refractivity contribution in [2.45, 2.75) is 26.2 Å². The van der Waals surface area contributed by atoms with Crippen LogP contribution in [0.5, 0.6) is 0 Å². The molecule has 3 amide bonds. The molecule has 11 nitrogen and oxygen atoms in total. The normalized spacial score (nSPS) is 10.6. The van der Waals surface area contributed by atoms with Crippen LogP contribution in [0.2, 0.25) is 0 Å². The van der Waals surface area contributed by atoms with Gasteiger partial charge in [0.1, 0.15) is 0 Å². The van der Waals surface area contributed by atoms with E-state index in [1.807, 2.05) is 6.92 Å². The third-order valence-corrected chi connectivity index (χ3v) is 5.48. The van der Waals surface area contributed by atoms with Gasteiger partial charge in [0.2, 0.25) is 0 Å². The van der Waals surface area contributed by atoms with E-state index in [1.54, 1.807) is 56.3 Å². The van der Waals surface area contributed by atoms with Gasteiger partial charge in [-0.05, 0) is 56.2 Å². The molecular formula is C26H27N7O4. The van der Waals surface area contributed by atoms with E-state index in [1.165, 1.54) is 12.4 Å². The number of carbonyl (C=O) groups is 3. The van der Waals surface area contributed by atoms with Crippen molar-refractivity contribution in [3.8, 4) is 6.07 Å². The van der Waals surface area contributed by atoms with Gasteiger partial charge < -0.3 is 26.4 Å². The third kappa shape index (κ3) is 7.02. The predicted molar refractivity (Wildman–Crippen MR) is 139 cm³/mol. The van der Waals surface area contributed by atoms with E-state index in [-0.39, 0.29) is 30.5 Å². The van der Waals surface area contributed by atoms with Crippen LogP contribution in [0.4, 0.5) is 22.0 Å². The van der Waals surface area contributed by atoms with Gasteiger partial charge in [0, 0.05) is 42.4 Å². The molecule has 1 heterocycles. The fraction of sp³-hybridized carbons (Fsp3) is 0.231. The summed E-state index contributed by atoms with van der Waals surface area (Å²) in [4.78, 5) is 44.7. The van der Waals surface area contributed by atoms with Gasteiger partial charge in [-0.1, -0.05) is 18.2 Å². The molecule has 0 aliphatic heterocycles. The van der Waals surface area contributed by atoms with Crippen molar-refractivity contribution < 1.29 is 19.5 Å². The molecular weight excluding hydrogens is 474 g/mol. The Morgan fingerprint density at radius 2 is 1.76 bits per heavy atom. The second-order valence-electron chi connectivity index (χ2n) is 8.67. The van der Waals surface area contributed by atoms with Crippen LogP contribution in [0.3, 0.4) is 0 Å². The molecule has 5 N–H and O–H groups in total. The van der Waals surface area contributed by atoms with E-state index in [0.717, 1.165) is 11.1 Å². The highest BCUT2D eigenvalue weighted by molar-refractivity contribution is 6.07. The Hall–Kier alpha value is -4.98. The number of nitriles is 1. The molecule has 0 aliphatic carbocycles. The SMILES string of the molecule is Cc1ccc(NC(=O)c2cccc(C(C)(C)C#N)c2)cc1NC(=O)c1nccnc1NCCNC(=O)O. The number of nitrogens with zero attached hydrogens (tertiary/aromatic N) is 3. The summed E-state index contributed by atoms with van der Waals surface area (Å²) in [5.41, 5.74) is 2.11. The number of nitrogens with one attached hydrogen (secondary N) is 4. The van der Waals surface area contributed by atoms with Crippen molar-refractivity contribution in [2.75, 3.05) is 29.0 Å². The summed E-state index contributed by atoms with van der Waals surface area (Å²) < 4.78 is 0. The van der Waals surface area contributed by atoms with Crippen LogP contribution in [0.25, 0.3) is 0 Å². The van der Waals surface area contributed by atoms with Crippen molar-refractivity contribution in [1.29, 1.82) is 5.26 Å². The van der Waals surface area contributed by atoms with Crippen LogP contribution < -0.4 is 21.3 Å². The Morgan fingerprint density at radius 3 is 2.49 bits per heavy atom. The second-order valence-corrected chi connectivity index (χ2v) is 8.67. The number of anilines is 3. The molecule has 0 saturated heterocycles. The number of amides is 3. The summed E-state index contributed by atoms with van der Waals surface area (Å²) >= 11 is 0. The van der Waals surface area contributed by atoms with Gasteiger partial charge in [0.05, 0.1) is 11.5 Å². The maximum Gasteiger partial charge on any atom is 0.404 e. The predicted octanol–water partition coefficient (Wildman–Crippen LogP) is 3.77. The molecule has 190 valence electrons. The summed E-state index contributed by atoms with van der Waals surface area (Å²) in [5, 5.41) is 28.8. The molecule has 0 fully saturated rings. The Labute approximate surface area is 214 Å². The minimum atomic E-state index is -1.15. The Balaban J connectivity index is 1.74. The van der Waals surface area contributed by atoms with Gasteiger partial charge in [-0.2, -0.15) is 5.26 Å². The minimum absolute atomic E-state index is 0.0311. The van der Waals surface area contributed by atoms with Crippen molar-refractivity contribution in [3.63, 3.8) is 0 Å². The molecule has 37 heavy (non-hydrogen) atoms. The number of hydrogen-bond donors (Lipinski definition) is 5. The lowest BCUT2D eigenvalue weighted by Crippen LogP contribution is -2.28. The average molecular weight is 502 g/mol. The molecule has 0 unspecified atom stereocenters. The lowest BCUT2D eigenvalue weighted by atomic mass is 9.85. The van der Waals surface area contributed by atoms with E-state index in [9.17, 15) is 19.6 Å². The Bertz CT molecular complexity index is 1370. The van der Waals surface area contributed by atoms with Gasteiger partial charge >= 0.3 is 6.09 Å². The first-order chi connectivity index (χ1) is 17.6. The molecule has 0 saturated carbocycles. The summed E-state index contributed by atoms with van der Waals surface area (Å²) in [5.74, 6) is -0.679. The van der Waals surface area contributed by atoms with Crippen LogP contribution in [0.1, 0.15) is 45.8 Å². The number of hydrogen-bond acceptors (Lipinski definition) is 7. The van der Waals surface area contributed by atoms with Crippen LogP contribution >= 0.6 is 0 Å². The Kier molecular flexibility index (Phi) is 8.37. The van der Waals surface area contributed by atoms with Crippen LogP contribution in [0, 0.1) is 18.3 Å². The molecule has 0 spiro atoms. The summed E-state index contributed by atoms with van der Waals surface area (Å²) in [7, 11) is 0. The highest BCUT2D eigenvalue weighted by Gasteiger charge is 2.21. The quantitative estimate of drug-likeness (QED) is 0.276. The largest absolute Gasteiger partial charge is 0.465 e. The third-order valence-electron chi connectivity index (χ3n) is 5.48. The molecule has 0 atom stereocenters. The maximum absolute atomic E-state index is 13.0. The fourth-order valence-electron chi connectivity index (χ4n) is 3.32. The first kappa shape index (κ1) is 26.6. The van der Waals surface area contributed by atoms with E-state index in [0.29, 0.717) is 16.9 Å². The smallest absolute Gasteiger partial charge is 0.404 e. The van der Waals surface area contributed by atoms with Gasteiger partial charge in [-0.3, -0.25) is 9.59 Å². The lowest BCUT2D eigenvalue weighted by molar-refractivity contribution is 0.101. The van der Waals surface area contributed by atoms with Crippen molar-refractivity contribution in [1.82, 2.24) is 15.3 Å². The first-order valence-electron chi connectivity index (χ1n) is 11.4. The van der Waals surface area contributed by atoms with Crippen molar-refractivity contribution in [2.24, 2.45) is 0 Å². The molecule has 0 bridgehead atoms. The zero-order chi connectivity index (χ0) is 27.0. The Morgan fingerprint density at radius 1 is 1.00 bits per heavy atom. The number of aromatic nitrogens is 2. The number of rotatable bonds is 9. The zero-order valence-electron chi connectivity index (χ0n) is 20.6. The van der Waals surface area contributed by atoms with E-state index < -0.39 is 17.4 Å². The number of carbonyl (C=O) groups excluding carboxylic acids is 2. The van der Waals surface area contributed by atoms with Gasteiger partial charge in [0.25, 0.3) is 11.8 Å². The molecule has 3 aromatic rings. The molecule has 11 heteroatoms. The topological polar surface area (TPSA) is 169 Å². The van der Waals surface area contributed by atoms with Crippen molar-refractivity contribution >= 4 is 35.1 Å². The molecule has 0 radical (unpaired) electrons. The number of benzene rings is 2. The number of aryl methyl sites for hydroxylation is 1. The summed E-state index contributed by atoms with van der Waals surface area (Å²) in [6.07, 6.45) is 1.64. The number of carboxylic acid groups (broad SMARTS) is 1. The molecule has 1 aromatic heterocycles. The maximum atomic E-state index is 13.0. The van der Waals surface area contributed by atoms with E-state index in [4.69, 9.17) is 5.11 Å². The zero-order valence-corrected chi connectivity index (χ0v) is 20.6. The first-order valence-corrected chi connectivity index (χ1v) is 11.4. The summed E-state index contributed by atoms with van der Waals surface area (Å²) in [6, 6.07) is 14.2. The van der Waals surface area contributed by atoms with Gasteiger partial charge in [-0.25, -0.2) is 14.8 Å². The molecule has 3 rings (SSSR count).